The Kier molecular flexibility index (Phi) is 4.60. The fourth-order valence-corrected chi connectivity index (χ4v) is 5.21. The van der Waals surface area contributed by atoms with Crippen LogP contribution in [0.15, 0.2) is 23.1 Å². The molecular formula is C18H23N3O3S. The van der Waals surface area contributed by atoms with Gasteiger partial charge in [-0.1, -0.05) is 32.3 Å². The predicted molar refractivity (Wildman–Crippen MR) is 94.6 cm³/mol. The van der Waals surface area contributed by atoms with Crippen LogP contribution in [0.5, 0.6) is 0 Å². The molecule has 134 valence electrons. The number of carbonyl (C=O) groups is 1. The second kappa shape index (κ2) is 6.43. The van der Waals surface area contributed by atoms with Crippen molar-refractivity contribution in [2.24, 2.45) is 0 Å². The van der Waals surface area contributed by atoms with Crippen molar-refractivity contribution in [2.45, 2.75) is 62.3 Å². The van der Waals surface area contributed by atoms with E-state index in [-0.39, 0.29) is 16.7 Å². The van der Waals surface area contributed by atoms with Gasteiger partial charge in [0.05, 0.1) is 11.0 Å². The van der Waals surface area contributed by atoms with Crippen molar-refractivity contribution in [3.63, 3.8) is 0 Å². The minimum atomic E-state index is -3.83. The number of sulfonamides is 1. The molecule has 1 fully saturated rings. The number of rotatable bonds is 3. The molecule has 1 aromatic rings. The zero-order chi connectivity index (χ0) is 18.2. The molecule has 2 aliphatic rings. The summed E-state index contributed by atoms with van der Waals surface area (Å²) in [5.74, 6) is 0.0706. The fourth-order valence-electron chi connectivity index (χ4n) is 3.82. The van der Waals surface area contributed by atoms with Crippen LogP contribution in [0, 0.1) is 11.3 Å². The van der Waals surface area contributed by atoms with Crippen LogP contribution in [0.1, 0.15) is 57.4 Å². The number of hydrogen-bond donors (Lipinski definition) is 1. The first-order valence-electron chi connectivity index (χ1n) is 8.65. The minimum absolute atomic E-state index is 0.103. The molecule has 1 aliphatic heterocycles. The SMILES string of the molecule is CC(=O)N1CC(C)c2ccc(S(=O)(=O)NC3(C#N)CCCCC3)cc21. The van der Waals surface area contributed by atoms with Gasteiger partial charge in [-0.3, -0.25) is 4.79 Å². The van der Waals surface area contributed by atoms with E-state index in [1.165, 1.54) is 6.92 Å². The van der Waals surface area contributed by atoms with Crippen molar-refractivity contribution in [2.75, 3.05) is 11.4 Å². The second-order valence-corrected chi connectivity index (χ2v) is 8.79. The molecule has 1 atom stereocenters. The normalized spacial score (nSPS) is 22.3. The van der Waals surface area contributed by atoms with E-state index in [0.29, 0.717) is 25.1 Å². The van der Waals surface area contributed by atoms with Crippen molar-refractivity contribution in [3.8, 4) is 6.07 Å². The summed E-state index contributed by atoms with van der Waals surface area (Å²) in [4.78, 5) is 13.6. The number of fused-ring (bicyclic) bond motifs is 1. The van der Waals surface area contributed by atoms with Gasteiger partial charge in [-0.2, -0.15) is 9.98 Å². The Morgan fingerprint density at radius 3 is 2.60 bits per heavy atom. The van der Waals surface area contributed by atoms with E-state index in [2.05, 4.69) is 10.8 Å². The Hall–Kier alpha value is -1.91. The lowest BCUT2D eigenvalue weighted by Crippen LogP contribution is -2.48. The average Bonchev–Trinajstić information content (AvgIpc) is 2.92. The number of benzene rings is 1. The average molecular weight is 361 g/mol. The number of carbonyl (C=O) groups excluding carboxylic acids is 1. The Morgan fingerprint density at radius 1 is 1.32 bits per heavy atom. The van der Waals surface area contributed by atoms with Gasteiger partial charge in [0, 0.05) is 25.1 Å². The molecule has 1 saturated carbocycles. The van der Waals surface area contributed by atoms with Gasteiger partial charge in [0.25, 0.3) is 0 Å². The van der Waals surface area contributed by atoms with Crippen molar-refractivity contribution in [3.05, 3.63) is 23.8 Å². The smallest absolute Gasteiger partial charge is 0.242 e. The Balaban J connectivity index is 1.95. The molecule has 1 aliphatic carbocycles. The molecular weight excluding hydrogens is 338 g/mol. The van der Waals surface area contributed by atoms with E-state index < -0.39 is 15.6 Å². The highest BCUT2D eigenvalue weighted by Gasteiger charge is 2.37. The molecule has 25 heavy (non-hydrogen) atoms. The van der Waals surface area contributed by atoms with Gasteiger partial charge in [0.2, 0.25) is 15.9 Å². The molecule has 1 aromatic carbocycles. The van der Waals surface area contributed by atoms with Gasteiger partial charge in [0.15, 0.2) is 0 Å². The maximum Gasteiger partial charge on any atom is 0.242 e. The van der Waals surface area contributed by atoms with Gasteiger partial charge in [0.1, 0.15) is 5.54 Å². The molecule has 1 amide bonds. The summed E-state index contributed by atoms with van der Waals surface area (Å²) in [5, 5.41) is 9.53. The molecule has 0 radical (unpaired) electrons. The van der Waals surface area contributed by atoms with Gasteiger partial charge >= 0.3 is 0 Å². The Morgan fingerprint density at radius 2 is 2.00 bits per heavy atom. The molecule has 3 rings (SSSR count). The standard InChI is InChI=1S/C18H23N3O3S/c1-13-11-21(14(2)22)17-10-15(6-7-16(13)17)25(23,24)20-18(12-19)8-4-3-5-9-18/h6-7,10,13,20H,3-5,8-9,11H2,1-2H3. The maximum atomic E-state index is 12.9. The van der Waals surface area contributed by atoms with Crippen LogP contribution in [-0.4, -0.2) is 26.4 Å². The van der Waals surface area contributed by atoms with Crippen molar-refractivity contribution in [1.82, 2.24) is 4.72 Å². The molecule has 0 bridgehead atoms. The van der Waals surface area contributed by atoms with E-state index >= 15 is 0 Å². The summed E-state index contributed by atoms with van der Waals surface area (Å²) in [5.41, 5.74) is 0.600. The molecule has 7 heteroatoms. The highest BCUT2D eigenvalue weighted by molar-refractivity contribution is 7.89. The summed E-state index contributed by atoms with van der Waals surface area (Å²) in [7, 11) is -3.83. The molecule has 6 nitrogen and oxygen atoms in total. The number of nitrogens with zero attached hydrogens (tertiary/aromatic N) is 2. The van der Waals surface area contributed by atoms with E-state index in [0.717, 1.165) is 24.8 Å². The molecule has 0 spiro atoms. The van der Waals surface area contributed by atoms with Crippen LogP contribution < -0.4 is 9.62 Å². The number of anilines is 1. The Labute approximate surface area is 148 Å². The van der Waals surface area contributed by atoms with Crippen molar-refractivity contribution >= 4 is 21.6 Å². The topological polar surface area (TPSA) is 90.3 Å². The van der Waals surface area contributed by atoms with Crippen LogP contribution in [0.2, 0.25) is 0 Å². The zero-order valence-electron chi connectivity index (χ0n) is 14.6. The first-order chi connectivity index (χ1) is 11.8. The zero-order valence-corrected chi connectivity index (χ0v) is 15.4. The predicted octanol–water partition coefficient (Wildman–Crippen LogP) is 2.66. The highest BCUT2D eigenvalue weighted by Crippen LogP contribution is 2.38. The first-order valence-corrected chi connectivity index (χ1v) is 10.1. The van der Waals surface area contributed by atoms with Crippen LogP contribution in [0.4, 0.5) is 5.69 Å². The summed E-state index contributed by atoms with van der Waals surface area (Å²) in [6.45, 7) is 4.05. The number of hydrogen-bond acceptors (Lipinski definition) is 4. The van der Waals surface area contributed by atoms with Crippen molar-refractivity contribution < 1.29 is 13.2 Å². The summed E-state index contributed by atoms with van der Waals surface area (Å²) in [6, 6.07) is 7.07. The summed E-state index contributed by atoms with van der Waals surface area (Å²) >= 11 is 0. The number of nitrogens with one attached hydrogen (secondary N) is 1. The van der Waals surface area contributed by atoms with Gasteiger partial charge in [-0.05, 0) is 30.5 Å². The lowest BCUT2D eigenvalue weighted by atomic mass is 9.84. The van der Waals surface area contributed by atoms with E-state index in [4.69, 9.17) is 0 Å². The maximum absolute atomic E-state index is 12.9. The van der Waals surface area contributed by atoms with Crippen LogP contribution >= 0.6 is 0 Å². The third-order valence-electron chi connectivity index (χ3n) is 5.22. The lowest BCUT2D eigenvalue weighted by molar-refractivity contribution is -0.116. The van der Waals surface area contributed by atoms with E-state index in [1.807, 2.05) is 6.92 Å². The molecule has 1 unspecified atom stereocenters. The van der Waals surface area contributed by atoms with Crippen LogP contribution in [-0.2, 0) is 14.8 Å². The van der Waals surface area contributed by atoms with Gasteiger partial charge < -0.3 is 4.90 Å². The monoisotopic (exact) mass is 361 g/mol. The Bertz CT molecular complexity index is 836. The van der Waals surface area contributed by atoms with E-state index in [1.54, 1.807) is 23.1 Å². The quantitative estimate of drug-likeness (QED) is 0.896. The van der Waals surface area contributed by atoms with Gasteiger partial charge in [-0.15, -0.1) is 0 Å². The second-order valence-electron chi connectivity index (χ2n) is 7.11. The fraction of sp³-hybridized carbons (Fsp3) is 0.556. The third kappa shape index (κ3) is 3.29. The van der Waals surface area contributed by atoms with Crippen molar-refractivity contribution in [1.29, 1.82) is 5.26 Å². The first kappa shape index (κ1) is 17.9. The molecule has 1 heterocycles. The largest absolute Gasteiger partial charge is 0.312 e. The summed E-state index contributed by atoms with van der Waals surface area (Å²) < 4.78 is 28.3. The van der Waals surface area contributed by atoms with Crippen LogP contribution in [0.3, 0.4) is 0 Å². The lowest BCUT2D eigenvalue weighted by Gasteiger charge is -2.31. The highest BCUT2D eigenvalue weighted by atomic mass is 32.2. The molecule has 0 saturated heterocycles. The number of nitriles is 1. The van der Waals surface area contributed by atoms with E-state index in [9.17, 15) is 18.5 Å². The third-order valence-corrected chi connectivity index (χ3v) is 6.76. The molecule has 0 aromatic heterocycles. The van der Waals surface area contributed by atoms with Gasteiger partial charge in [-0.25, -0.2) is 8.42 Å². The molecule has 1 N–H and O–H groups in total. The minimum Gasteiger partial charge on any atom is -0.312 e. The number of amides is 1. The summed E-state index contributed by atoms with van der Waals surface area (Å²) in [6.07, 6.45) is 3.77. The van der Waals surface area contributed by atoms with Crippen LogP contribution in [0.25, 0.3) is 0 Å².